The molecule has 2 nitrogen and oxygen atoms in total. The molecule has 0 bridgehead atoms. The first-order chi connectivity index (χ1) is 9.17. The average molecular weight is 258 g/mol. The van der Waals surface area contributed by atoms with E-state index in [0.717, 1.165) is 25.0 Å². The van der Waals surface area contributed by atoms with Gasteiger partial charge in [0.2, 0.25) is 0 Å². The molecule has 1 aromatic carbocycles. The third kappa shape index (κ3) is 2.70. The quantitative estimate of drug-likeness (QED) is 0.877. The summed E-state index contributed by atoms with van der Waals surface area (Å²) < 4.78 is 0. The molecule has 1 unspecified atom stereocenters. The topological polar surface area (TPSA) is 15.3 Å². The number of hydrogen-bond donors (Lipinski definition) is 1. The molecule has 1 saturated carbocycles. The first-order valence-corrected chi connectivity index (χ1v) is 7.72. The zero-order valence-corrected chi connectivity index (χ0v) is 12.2. The van der Waals surface area contributed by atoms with Crippen molar-refractivity contribution in [1.29, 1.82) is 0 Å². The van der Waals surface area contributed by atoms with E-state index in [-0.39, 0.29) is 5.54 Å². The molecule has 0 amide bonds. The summed E-state index contributed by atoms with van der Waals surface area (Å²) in [7, 11) is 0. The third-order valence-corrected chi connectivity index (χ3v) is 4.93. The van der Waals surface area contributed by atoms with Crippen LogP contribution in [0.2, 0.25) is 0 Å². The second kappa shape index (κ2) is 5.26. The lowest BCUT2D eigenvalue weighted by Gasteiger charge is -2.44. The summed E-state index contributed by atoms with van der Waals surface area (Å²) in [5.41, 5.74) is 1.53. The van der Waals surface area contributed by atoms with Gasteiger partial charge >= 0.3 is 0 Å². The van der Waals surface area contributed by atoms with E-state index in [1.807, 2.05) is 0 Å². The highest BCUT2D eigenvalue weighted by atomic mass is 15.2. The van der Waals surface area contributed by atoms with Crippen LogP contribution in [0.3, 0.4) is 0 Å². The molecular formula is C17H26N2. The molecule has 1 aromatic rings. The van der Waals surface area contributed by atoms with E-state index >= 15 is 0 Å². The van der Waals surface area contributed by atoms with Gasteiger partial charge in [-0.15, -0.1) is 0 Å². The molecule has 19 heavy (non-hydrogen) atoms. The summed E-state index contributed by atoms with van der Waals surface area (Å²) in [6, 6.07) is 11.8. The van der Waals surface area contributed by atoms with Crippen molar-refractivity contribution in [3.05, 3.63) is 35.9 Å². The van der Waals surface area contributed by atoms with E-state index in [1.165, 1.54) is 31.4 Å². The summed E-state index contributed by atoms with van der Waals surface area (Å²) in [4.78, 5) is 2.73. The zero-order valence-electron chi connectivity index (χ0n) is 12.2. The van der Waals surface area contributed by atoms with Gasteiger partial charge in [-0.05, 0) is 50.8 Å². The molecule has 1 saturated heterocycles. The lowest BCUT2D eigenvalue weighted by Crippen LogP contribution is -2.52. The van der Waals surface area contributed by atoms with Crippen molar-refractivity contribution in [2.75, 3.05) is 19.6 Å². The smallest absolute Gasteiger partial charge is 0.0535 e. The third-order valence-electron chi connectivity index (χ3n) is 4.93. The minimum absolute atomic E-state index is 0.108. The number of rotatable bonds is 2. The van der Waals surface area contributed by atoms with Crippen molar-refractivity contribution in [2.45, 2.75) is 44.7 Å². The minimum atomic E-state index is 0.108. The maximum Gasteiger partial charge on any atom is 0.0535 e. The fourth-order valence-corrected chi connectivity index (χ4v) is 3.66. The highest BCUT2D eigenvalue weighted by Gasteiger charge is 2.37. The SMILES string of the molecule is CC1CC(N2CCCNC(C)(c3ccccc3)C2)C1. The number of nitrogens with zero attached hydrogens (tertiary/aromatic N) is 1. The predicted molar refractivity (Wildman–Crippen MR) is 80.2 cm³/mol. The van der Waals surface area contributed by atoms with Gasteiger partial charge in [0.1, 0.15) is 0 Å². The van der Waals surface area contributed by atoms with Gasteiger partial charge in [-0.2, -0.15) is 0 Å². The van der Waals surface area contributed by atoms with Crippen molar-refractivity contribution in [1.82, 2.24) is 10.2 Å². The first-order valence-electron chi connectivity index (χ1n) is 7.72. The van der Waals surface area contributed by atoms with Gasteiger partial charge < -0.3 is 5.32 Å². The average Bonchev–Trinajstić information content (AvgIpc) is 2.59. The fourth-order valence-electron chi connectivity index (χ4n) is 3.66. The Labute approximate surface area is 117 Å². The second-order valence-electron chi connectivity index (χ2n) is 6.68. The maximum atomic E-state index is 3.78. The van der Waals surface area contributed by atoms with Crippen LogP contribution in [-0.2, 0) is 5.54 Å². The molecule has 0 radical (unpaired) electrons. The minimum Gasteiger partial charge on any atom is -0.307 e. The summed E-state index contributed by atoms with van der Waals surface area (Å²) in [5.74, 6) is 0.934. The number of nitrogens with one attached hydrogen (secondary N) is 1. The molecule has 3 rings (SSSR count). The molecule has 2 fully saturated rings. The Morgan fingerprint density at radius 2 is 1.95 bits per heavy atom. The summed E-state index contributed by atoms with van der Waals surface area (Å²) in [5, 5.41) is 3.78. The highest BCUT2D eigenvalue weighted by molar-refractivity contribution is 5.24. The lowest BCUT2D eigenvalue weighted by molar-refractivity contribution is 0.0708. The van der Waals surface area contributed by atoms with E-state index in [0.29, 0.717) is 0 Å². The molecule has 1 aliphatic heterocycles. The highest BCUT2D eigenvalue weighted by Crippen LogP contribution is 2.34. The van der Waals surface area contributed by atoms with Crippen molar-refractivity contribution >= 4 is 0 Å². The summed E-state index contributed by atoms with van der Waals surface area (Å²) in [6.07, 6.45) is 4.06. The van der Waals surface area contributed by atoms with Gasteiger partial charge in [-0.3, -0.25) is 4.90 Å². The standard InChI is InChI=1S/C17H26N2/c1-14-11-16(12-14)19-10-6-9-18-17(2,13-19)15-7-4-3-5-8-15/h3-5,7-8,14,16,18H,6,9-13H2,1-2H3. The van der Waals surface area contributed by atoms with Crippen LogP contribution in [0.15, 0.2) is 30.3 Å². The molecule has 104 valence electrons. The van der Waals surface area contributed by atoms with Crippen molar-refractivity contribution in [2.24, 2.45) is 5.92 Å². The van der Waals surface area contributed by atoms with Crippen molar-refractivity contribution in [3.63, 3.8) is 0 Å². The Kier molecular flexibility index (Phi) is 3.64. The number of hydrogen-bond acceptors (Lipinski definition) is 2. The molecule has 1 aliphatic carbocycles. The predicted octanol–water partition coefficient (Wildman–Crippen LogP) is 3.00. The van der Waals surface area contributed by atoms with E-state index in [1.54, 1.807) is 0 Å². The van der Waals surface area contributed by atoms with Crippen LogP contribution in [0.4, 0.5) is 0 Å². The Balaban J connectivity index is 1.77. The monoisotopic (exact) mass is 258 g/mol. The van der Waals surface area contributed by atoms with Gasteiger partial charge in [-0.25, -0.2) is 0 Å². The van der Waals surface area contributed by atoms with Gasteiger partial charge in [0.25, 0.3) is 0 Å². The molecule has 1 heterocycles. The van der Waals surface area contributed by atoms with Crippen LogP contribution in [0.1, 0.15) is 38.7 Å². The van der Waals surface area contributed by atoms with E-state index in [9.17, 15) is 0 Å². The maximum absolute atomic E-state index is 3.78. The van der Waals surface area contributed by atoms with Crippen molar-refractivity contribution < 1.29 is 0 Å². The normalized spacial score (nSPS) is 36.5. The van der Waals surface area contributed by atoms with Crippen LogP contribution >= 0.6 is 0 Å². The molecule has 0 spiro atoms. The summed E-state index contributed by atoms with van der Waals surface area (Å²) >= 11 is 0. The lowest BCUT2D eigenvalue weighted by atomic mass is 9.80. The van der Waals surface area contributed by atoms with E-state index < -0.39 is 0 Å². The van der Waals surface area contributed by atoms with Crippen LogP contribution < -0.4 is 5.32 Å². The molecular weight excluding hydrogens is 232 g/mol. The molecule has 2 heteroatoms. The molecule has 1 atom stereocenters. The van der Waals surface area contributed by atoms with Gasteiger partial charge in [-0.1, -0.05) is 37.3 Å². The van der Waals surface area contributed by atoms with Crippen LogP contribution in [-0.4, -0.2) is 30.6 Å². The van der Waals surface area contributed by atoms with E-state index in [4.69, 9.17) is 0 Å². The van der Waals surface area contributed by atoms with Crippen LogP contribution in [0.25, 0.3) is 0 Å². The van der Waals surface area contributed by atoms with Crippen LogP contribution in [0, 0.1) is 5.92 Å². The second-order valence-corrected chi connectivity index (χ2v) is 6.68. The zero-order chi connectivity index (χ0) is 13.3. The first kappa shape index (κ1) is 13.1. The number of benzene rings is 1. The van der Waals surface area contributed by atoms with Crippen molar-refractivity contribution in [3.8, 4) is 0 Å². The Morgan fingerprint density at radius 3 is 2.63 bits per heavy atom. The summed E-state index contributed by atoms with van der Waals surface area (Å²) in [6.45, 7) is 8.27. The molecule has 1 N–H and O–H groups in total. The van der Waals surface area contributed by atoms with E-state index in [2.05, 4.69) is 54.4 Å². The molecule has 0 aromatic heterocycles. The Hall–Kier alpha value is -0.860. The Morgan fingerprint density at radius 1 is 1.21 bits per heavy atom. The molecule has 2 aliphatic rings. The largest absolute Gasteiger partial charge is 0.307 e. The van der Waals surface area contributed by atoms with Crippen LogP contribution in [0.5, 0.6) is 0 Å². The Bertz CT molecular complexity index is 411. The fraction of sp³-hybridized carbons (Fsp3) is 0.647. The van der Waals surface area contributed by atoms with Gasteiger partial charge in [0.15, 0.2) is 0 Å². The van der Waals surface area contributed by atoms with Gasteiger partial charge in [0, 0.05) is 12.6 Å². The van der Waals surface area contributed by atoms with Gasteiger partial charge in [0.05, 0.1) is 5.54 Å².